The fourth-order valence-corrected chi connectivity index (χ4v) is 2.70. The van der Waals surface area contributed by atoms with Gasteiger partial charge in [0.05, 0.1) is 12.8 Å². The number of ether oxygens (including phenoxy) is 1. The minimum absolute atomic E-state index is 0.102. The number of aliphatic hydroxyl groups is 1. The molecule has 0 aliphatic heterocycles. The largest absolute Gasteiger partial charge is 0.497 e. The number of hydrogen-bond acceptors (Lipinski definition) is 5. The predicted molar refractivity (Wildman–Crippen MR) is 101 cm³/mol. The van der Waals surface area contributed by atoms with Gasteiger partial charge in [0.2, 0.25) is 5.91 Å². The van der Waals surface area contributed by atoms with Crippen molar-refractivity contribution in [2.75, 3.05) is 13.7 Å². The molecule has 1 atom stereocenters. The Morgan fingerprint density at radius 2 is 1.89 bits per heavy atom. The van der Waals surface area contributed by atoms with Gasteiger partial charge in [-0.15, -0.1) is 5.10 Å². The lowest BCUT2D eigenvalue weighted by molar-refractivity contribution is -0.118. The SMILES string of the molecule is COc1ccc(-n2nc([C@@H](O)c3ccccc3)nc2CCNC(C)=O)cc1. The van der Waals surface area contributed by atoms with Crippen LogP contribution < -0.4 is 10.1 Å². The lowest BCUT2D eigenvalue weighted by atomic mass is 10.1. The minimum Gasteiger partial charge on any atom is -0.497 e. The van der Waals surface area contributed by atoms with Crippen LogP contribution >= 0.6 is 0 Å². The Morgan fingerprint density at radius 1 is 1.19 bits per heavy atom. The molecule has 2 aromatic carbocycles. The Morgan fingerprint density at radius 3 is 2.52 bits per heavy atom. The third kappa shape index (κ3) is 4.51. The van der Waals surface area contributed by atoms with E-state index in [1.54, 1.807) is 11.8 Å². The smallest absolute Gasteiger partial charge is 0.216 e. The quantitative estimate of drug-likeness (QED) is 0.668. The van der Waals surface area contributed by atoms with Gasteiger partial charge in [-0.25, -0.2) is 9.67 Å². The molecule has 3 aromatic rings. The molecule has 0 saturated carbocycles. The number of rotatable bonds is 7. The molecule has 1 heterocycles. The van der Waals surface area contributed by atoms with Crippen LogP contribution in [-0.4, -0.2) is 39.4 Å². The van der Waals surface area contributed by atoms with Crippen LogP contribution in [0.25, 0.3) is 5.69 Å². The van der Waals surface area contributed by atoms with E-state index in [1.807, 2.05) is 54.6 Å². The number of amides is 1. The van der Waals surface area contributed by atoms with Crippen molar-refractivity contribution in [3.05, 3.63) is 71.8 Å². The monoisotopic (exact) mass is 366 g/mol. The molecular weight excluding hydrogens is 344 g/mol. The van der Waals surface area contributed by atoms with Gasteiger partial charge >= 0.3 is 0 Å². The number of hydrogen-bond donors (Lipinski definition) is 2. The molecule has 27 heavy (non-hydrogen) atoms. The third-order valence-corrected chi connectivity index (χ3v) is 4.09. The number of aliphatic hydroxyl groups excluding tert-OH is 1. The molecule has 0 unspecified atom stereocenters. The average Bonchev–Trinajstić information content (AvgIpc) is 3.12. The van der Waals surface area contributed by atoms with Gasteiger partial charge in [0.15, 0.2) is 5.82 Å². The lowest BCUT2D eigenvalue weighted by Crippen LogP contribution is -2.23. The Balaban J connectivity index is 1.93. The van der Waals surface area contributed by atoms with Crippen LogP contribution in [0.5, 0.6) is 5.75 Å². The van der Waals surface area contributed by atoms with E-state index >= 15 is 0 Å². The van der Waals surface area contributed by atoms with E-state index in [1.165, 1.54) is 6.92 Å². The summed E-state index contributed by atoms with van der Waals surface area (Å²) in [5, 5.41) is 17.9. The zero-order valence-corrected chi connectivity index (χ0v) is 15.3. The Labute approximate surface area is 157 Å². The van der Waals surface area contributed by atoms with Crippen molar-refractivity contribution in [1.82, 2.24) is 20.1 Å². The summed E-state index contributed by atoms with van der Waals surface area (Å²) in [6.07, 6.45) is -0.439. The first-order valence-corrected chi connectivity index (χ1v) is 8.66. The van der Waals surface area contributed by atoms with E-state index in [-0.39, 0.29) is 5.91 Å². The van der Waals surface area contributed by atoms with Crippen molar-refractivity contribution in [3.63, 3.8) is 0 Å². The molecular formula is C20H22N4O3. The Kier molecular flexibility index (Phi) is 5.83. The molecule has 1 aromatic heterocycles. The molecule has 0 bridgehead atoms. The standard InChI is InChI=1S/C20H22N4O3/c1-14(25)21-13-12-18-22-20(19(26)15-6-4-3-5-7-15)23-24(18)16-8-10-17(27-2)11-9-16/h3-11,19,26H,12-13H2,1-2H3,(H,21,25)/t19-/m0/s1. The summed E-state index contributed by atoms with van der Waals surface area (Å²) < 4.78 is 6.88. The van der Waals surface area contributed by atoms with Crippen LogP contribution in [0.4, 0.5) is 0 Å². The number of nitrogens with one attached hydrogen (secondary N) is 1. The maximum Gasteiger partial charge on any atom is 0.216 e. The van der Waals surface area contributed by atoms with Crippen molar-refractivity contribution in [2.24, 2.45) is 0 Å². The molecule has 0 radical (unpaired) electrons. The van der Waals surface area contributed by atoms with Crippen molar-refractivity contribution in [3.8, 4) is 11.4 Å². The van der Waals surface area contributed by atoms with Gasteiger partial charge in [-0.05, 0) is 29.8 Å². The summed E-state index contributed by atoms with van der Waals surface area (Å²) in [4.78, 5) is 15.7. The van der Waals surface area contributed by atoms with Gasteiger partial charge in [0.25, 0.3) is 0 Å². The molecule has 0 aliphatic carbocycles. The van der Waals surface area contributed by atoms with Crippen LogP contribution in [-0.2, 0) is 11.2 Å². The molecule has 1 amide bonds. The first-order valence-electron chi connectivity index (χ1n) is 8.66. The van der Waals surface area contributed by atoms with Crippen molar-refractivity contribution in [1.29, 1.82) is 0 Å². The highest BCUT2D eigenvalue weighted by Crippen LogP contribution is 2.22. The fourth-order valence-electron chi connectivity index (χ4n) is 2.70. The highest BCUT2D eigenvalue weighted by atomic mass is 16.5. The van der Waals surface area contributed by atoms with Crippen LogP contribution in [0, 0.1) is 0 Å². The van der Waals surface area contributed by atoms with Crippen LogP contribution in [0.2, 0.25) is 0 Å². The minimum atomic E-state index is -0.926. The van der Waals surface area contributed by atoms with E-state index < -0.39 is 6.10 Å². The number of carbonyl (C=O) groups excluding carboxylic acids is 1. The van der Waals surface area contributed by atoms with Crippen molar-refractivity contribution in [2.45, 2.75) is 19.4 Å². The number of carbonyl (C=O) groups is 1. The summed E-state index contributed by atoms with van der Waals surface area (Å²) in [7, 11) is 1.61. The second-order valence-electron chi connectivity index (χ2n) is 6.04. The summed E-state index contributed by atoms with van der Waals surface area (Å²) >= 11 is 0. The van der Waals surface area contributed by atoms with Crippen LogP contribution in [0.15, 0.2) is 54.6 Å². The van der Waals surface area contributed by atoms with Gasteiger partial charge < -0.3 is 15.2 Å². The van der Waals surface area contributed by atoms with Crippen LogP contribution in [0.3, 0.4) is 0 Å². The lowest BCUT2D eigenvalue weighted by Gasteiger charge is -2.07. The summed E-state index contributed by atoms with van der Waals surface area (Å²) in [6, 6.07) is 16.7. The molecule has 0 saturated heterocycles. The van der Waals surface area contributed by atoms with E-state index in [2.05, 4.69) is 15.4 Å². The summed E-state index contributed by atoms with van der Waals surface area (Å²) in [6.45, 7) is 1.91. The molecule has 0 fully saturated rings. The molecule has 3 rings (SSSR count). The zero-order chi connectivity index (χ0) is 19.2. The normalized spacial score (nSPS) is 11.8. The Bertz CT molecular complexity index is 891. The van der Waals surface area contributed by atoms with Crippen molar-refractivity contribution < 1.29 is 14.6 Å². The fraction of sp³-hybridized carbons (Fsp3) is 0.250. The molecule has 0 spiro atoms. The number of aromatic nitrogens is 3. The maximum atomic E-state index is 11.2. The topological polar surface area (TPSA) is 89.3 Å². The van der Waals surface area contributed by atoms with E-state index in [0.717, 1.165) is 17.0 Å². The maximum absolute atomic E-state index is 11.2. The first-order chi connectivity index (χ1) is 13.1. The summed E-state index contributed by atoms with van der Waals surface area (Å²) in [5.41, 5.74) is 1.52. The number of benzene rings is 2. The predicted octanol–water partition coefficient (Wildman–Crippen LogP) is 2.04. The average molecular weight is 366 g/mol. The van der Waals surface area contributed by atoms with Crippen molar-refractivity contribution >= 4 is 5.91 Å². The molecule has 2 N–H and O–H groups in total. The molecule has 7 nitrogen and oxygen atoms in total. The van der Waals surface area contributed by atoms with Gasteiger partial charge in [-0.1, -0.05) is 30.3 Å². The first kappa shape index (κ1) is 18.6. The van der Waals surface area contributed by atoms with Gasteiger partial charge in [-0.3, -0.25) is 4.79 Å². The second kappa shape index (κ2) is 8.46. The van der Waals surface area contributed by atoms with E-state index in [9.17, 15) is 9.90 Å². The molecule has 0 aliphatic rings. The number of nitrogens with zero attached hydrogens (tertiary/aromatic N) is 3. The Hall–Kier alpha value is -3.19. The van der Waals surface area contributed by atoms with Gasteiger partial charge in [0, 0.05) is 19.9 Å². The van der Waals surface area contributed by atoms with Gasteiger partial charge in [-0.2, -0.15) is 0 Å². The second-order valence-corrected chi connectivity index (χ2v) is 6.04. The van der Waals surface area contributed by atoms with E-state index in [4.69, 9.17) is 4.74 Å². The third-order valence-electron chi connectivity index (χ3n) is 4.09. The number of methoxy groups -OCH3 is 1. The molecule has 7 heteroatoms. The van der Waals surface area contributed by atoms with Crippen LogP contribution in [0.1, 0.15) is 30.2 Å². The zero-order valence-electron chi connectivity index (χ0n) is 15.3. The highest BCUT2D eigenvalue weighted by Gasteiger charge is 2.19. The summed E-state index contributed by atoms with van der Waals surface area (Å²) in [5.74, 6) is 1.60. The molecule has 140 valence electrons. The van der Waals surface area contributed by atoms with Gasteiger partial charge in [0.1, 0.15) is 17.7 Å². The van der Waals surface area contributed by atoms with E-state index in [0.29, 0.717) is 24.6 Å². The highest BCUT2D eigenvalue weighted by molar-refractivity contribution is 5.72.